The van der Waals surface area contributed by atoms with Gasteiger partial charge in [0.05, 0.1) is 6.10 Å². The van der Waals surface area contributed by atoms with Gasteiger partial charge in [0.15, 0.2) is 0 Å². The molecular formula is C9H19NO2S. The van der Waals surface area contributed by atoms with Crippen molar-refractivity contribution in [2.75, 3.05) is 0 Å². The van der Waals surface area contributed by atoms with Crippen LogP contribution >= 0.6 is 12.6 Å². The number of hydrogen-bond donors (Lipinski definition) is 2. The normalized spacial score (nSPS) is 16.0. The summed E-state index contributed by atoms with van der Waals surface area (Å²) in [5.41, 5.74) is 5.66. The van der Waals surface area contributed by atoms with Crippen molar-refractivity contribution in [2.24, 2.45) is 11.7 Å². The van der Waals surface area contributed by atoms with Crippen LogP contribution in [0, 0.1) is 5.92 Å². The van der Waals surface area contributed by atoms with Crippen LogP contribution in [0.3, 0.4) is 0 Å². The highest BCUT2D eigenvalue weighted by atomic mass is 32.1. The van der Waals surface area contributed by atoms with Gasteiger partial charge in [-0.15, -0.1) is 0 Å². The summed E-state index contributed by atoms with van der Waals surface area (Å²) in [6, 6.07) is -0.634. The quantitative estimate of drug-likeness (QED) is 0.536. The lowest BCUT2D eigenvalue weighted by molar-refractivity contribution is -0.149. The molecule has 78 valence electrons. The van der Waals surface area contributed by atoms with E-state index in [4.69, 9.17) is 10.5 Å². The van der Waals surface area contributed by atoms with Crippen LogP contribution in [-0.2, 0) is 9.53 Å². The molecule has 0 amide bonds. The minimum Gasteiger partial charge on any atom is -0.462 e. The molecule has 2 atom stereocenters. The average Bonchev–Trinajstić information content (AvgIpc) is 2.00. The minimum absolute atomic E-state index is 0.119. The summed E-state index contributed by atoms with van der Waals surface area (Å²) in [6.07, 6.45) is -0.119. The van der Waals surface area contributed by atoms with E-state index in [0.29, 0.717) is 0 Å². The van der Waals surface area contributed by atoms with E-state index in [0.717, 1.165) is 0 Å². The molecule has 0 saturated carbocycles. The molecule has 0 rings (SSSR count). The Morgan fingerprint density at radius 2 is 1.77 bits per heavy atom. The number of hydrogen-bond acceptors (Lipinski definition) is 4. The van der Waals surface area contributed by atoms with Crippen LogP contribution in [0.4, 0.5) is 0 Å². The lowest BCUT2D eigenvalue weighted by atomic mass is 10.0. The van der Waals surface area contributed by atoms with E-state index >= 15 is 0 Å². The first-order chi connectivity index (χ1) is 5.86. The van der Waals surface area contributed by atoms with E-state index in [-0.39, 0.29) is 23.2 Å². The number of carbonyl (C=O) groups is 1. The van der Waals surface area contributed by atoms with Crippen molar-refractivity contribution in [2.45, 2.75) is 45.1 Å². The number of nitrogens with two attached hydrogens (primary N) is 1. The van der Waals surface area contributed by atoms with Gasteiger partial charge in [-0.05, 0) is 19.8 Å². The second-order valence-corrected chi connectivity index (χ2v) is 4.34. The van der Waals surface area contributed by atoms with Gasteiger partial charge in [0.2, 0.25) is 0 Å². The van der Waals surface area contributed by atoms with E-state index in [2.05, 4.69) is 12.6 Å². The Kier molecular flexibility index (Phi) is 5.40. The smallest absolute Gasteiger partial charge is 0.324 e. The lowest BCUT2D eigenvalue weighted by Gasteiger charge is -2.21. The number of ether oxygens (including phenoxy) is 1. The Hall–Kier alpha value is -0.220. The molecule has 0 spiro atoms. The standard InChI is InChI=1S/C9H19NO2S/c1-5(2)8(13)7(10)9(11)12-6(3)4/h5-8,13H,10H2,1-4H3. The molecule has 0 aromatic rings. The van der Waals surface area contributed by atoms with Crippen LogP contribution in [0.1, 0.15) is 27.7 Å². The van der Waals surface area contributed by atoms with Gasteiger partial charge in [-0.1, -0.05) is 13.8 Å². The Morgan fingerprint density at radius 1 is 1.31 bits per heavy atom. The molecule has 0 aliphatic heterocycles. The summed E-state index contributed by atoms with van der Waals surface area (Å²) in [6.45, 7) is 7.54. The first kappa shape index (κ1) is 12.8. The molecule has 4 heteroatoms. The van der Waals surface area contributed by atoms with Crippen LogP contribution in [0.2, 0.25) is 0 Å². The highest BCUT2D eigenvalue weighted by Crippen LogP contribution is 2.13. The molecule has 0 radical (unpaired) electrons. The van der Waals surface area contributed by atoms with E-state index in [9.17, 15) is 4.79 Å². The molecule has 0 heterocycles. The van der Waals surface area contributed by atoms with Crippen LogP contribution in [-0.4, -0.2) is 23.4 Å². The molecule has 0 aromatic heterocycles. The molecule has 0 aromatic carbocycles. The fourth-order valence-corrected chi connectivity index (χ4v) is 0.987. The van der Waals surface area contributed by atoms with Gasteiger partial charge in [0.1, 0.15) is 6.04 Å². The largest absolute Gasteiger partial charge is 0.462 e. The van der Waals surface area contributed by atoms with E-state index in [1.807, 2.05) is 13.8 Å². The predicted molar refractivity (Wildman–Crippen MR) is 56.8 cm³/mol. The summed E-state index contributed by atoms with van der Waals surface area (Å²) in [4.78, 5) is 11.3. The Balaban J connectivity index is 4.09. The maximum Gasteiger partial charge on any atom is 0.324 e. The maximum absolute atomic E-state index is 11.3. The highest BCUT2D eigenvalue weighted by Gasteiger charge is 2.25. The first-order valence-electron chi connectivity index (χ1n) is 4.50. The molecule has 3 nitrogen and oxygen atoms in total. The second kappa shape index (κ2) is 5.50. The summed E-state index contributed by atoms with van der Waals surface area (Å²) in [7, 11) is 0. The van der Waals surface area contributed by atoms with Crippen LogP contribution in [0.15, 0.2) is 0 Å². The van der Waals surface area contributed by atoms with Gasteiger partial charge in [0, 0.05) is 5.25 Å². The van der Waals surface area contributed by atoms with Gasteiger partial charge in [0.25, 0.3) is 0 Å². The zero-order valence-corrected chi connectivity index (χ0v) is 9.54. The zero-order valence-electron chi connectivity index (χ0n) is 8.65. The number of thiol groups is 1. The van der Waals surface area contributed by atoms with Crippen molar-refractivity contribution in [3.05, 3.63) is 0 Å². The van der Waals surface area contributed by atoms with E-state index < -0.39 is 6.04 Å². The minimum atomic E-state index is -0.634. The summed E-state index contributed by atoms with van der Waals surface area (Å²) >= 11 is 4.26. The molecule has 0 saturated heterocycles. The highest BCUT2D eigenvalue weighted by molar-refractivity contribution is 7.81. The van der Waals surface area contributed by atoms with E-state index in [1.165, 1.54) is 0 Å². The van der Waals surface area contributed by atoms with Gasteiger partial charge >= 0.3 is 5.97 Å². The van der Waals surface area contributed by atoms with Crippen molar-refractivity contribution in [1.82, 2.24) is 0 Å². The lowest BCUT2D eigenvalue weighted by Crippen LogP contribution is -2.43. The molecule has 2 unspecified atom stereocenters. The maximum atomic E-state index is 11.3. The number of rotatable bonds is 4. The van der Waals surface area contributed by atoms with Gasteiger partial charge in [-0.25, -0.2) is 0 Å². The molecule has 13 heavy (non-hydrogen) atoms. The monoisotopic (exact) mass is 205 g/mol. The fourth-order valence-electron chi connectivity index (χ4n) is 0.865. The van der Waals surface area contributed by atoms with Crippen LogP contribution < -0.4 is 5.73 Å². The third-order valence-corrected chi connectivity index (χ3v) is 2.59. The molecule has 2 N–H and O–H groups in total. The summed E-state index contributed by atoms with van der Waals surface area (Å²) in [5, 5.41) is -0.147. The van der Waals surface area contributed by atoms with Gasteiger partial charge in [-0.3, -0.25) is 4.79 Å². The summed E-state index contributed by atoms with van der Waals surface area (Å²) in [5.74, 6) is -0.109. The molecule has 0 aliphatic carbocycles. The molecule has 0 aliphatic rings. The van der Waals surface area contributed by atoms with Crippen molar-refractivity contribution in [3.8, 4) is 0 Å². The third kappa shape index (κ3) is 4.52. The molecular weight excluding hydrogens is 186 g/mol. The van der Waals surface area contributed by atoms with Gasteiger partial charge < -0.3 is 10.5 Å². The van der Waals surface area contributed by atoms with Gasteiger partial charge in [-0.2, -0.15) is 12.6 Å². The predicted octanol–water partition coefficient (Wildman–Crippen LogP) is 1.22. The van der Waals surface area contributed by atoms with Crippen LogP contribution in [0.25, 0.3) is 0 Å². The zero-order chi connectivity index (χ0) is 10.6. The van der Waals surface area contributed by atoms with Crippen molar-refractivity contribution >= 4 is 18.6 Å². The SMILES string of the molecule is CC(C)OC(=O)C(N)C(S)C(C)C. The molecule has 0 fully saturated rings. The van der Waals surface area contributed by atoms with Crippen molar-refractivity contribution < 1.29 is 9.53 Å². The van der Waals surface area contributed by atoms with Crippen molar-refractivity contribution in [1.29, 1.82) is 0 Å². The van der Waals surface area contributed by atoms with Crippen molar-refractivity contribution in [3.63, 3.8) is 0 Å². The summed E-state index contributed by atoms with van der Waals surface area (Å²) < 4.78 is 4.97. The fraction of sp³-hybridized carbons (Fsp3) is 0.889. The van der Waals surface area contributed by atoms with Crippen LogP contribution in [0.5, 0.6) is 0 Å². The Labute approximate surface area is 85.4 Å². The first-order valence-corrected chi connectivity index (χ1v) is 5.02. The Morgan fingerprint density at radius 3 is 2.08 bits per heavy atom. The number of esters is 1. The van der Waals surface area contributed by atoms with E-state index in [1.54, 1.807) is 13.8 Å². The molecule has 0 bridgehead atoms. The Bertz CT molecular complexity index is 171. The second-order valence-electron chi connectivity index (χ2n) is 3.75. The third-order valence-electron chi connectivity index (χ3n) is 1.68. The average molecular weight is 205 g/mol. The number of carbonyl (C=O) groups excluding carboxylic acids is 1. The topological polar surface area (TPSA) is 52.3 Å².